The van der Waals surface area contributed by atoms with E-state index in [1.165, 1.54) is 38.5 Å². The Kier molecular flexibility index (Phi) is 2.99. The monoisotopic (exact) mass is 174 g/mol. The van der Waals surface area contributed by atoms with Crippen molar-refractivity contribution in [2.45, 2.75) is 63.5 Å². The van der Waals surface area contributed by atoms with Gasteiger partial charge in [-0.1, -0.05) is 45.4 Å². The van der Waals surface area contributed by atoms with E-state index in [1.54, 1.807) is 0 Å². The van der Waals surface area contributed by atoms with Gasteiger partial charge in [-0.15, -0.1) is 5.92 Å². The topological polar surface area (TPSA) is 0 Å². The highest BCUT2D eigenvalue weighted by Gasteiger charge is 2.38. The lowest BCUT2D eigenvalue weighted by atomic mass is 9.28. The molecule has 0 aromatic heterocycles. The molecule has 0 nitrogen and oxygen atoms in total. The van der Waals surface area contributed by atoms with Gasteiger partial charge in [0.05, 0.1) is 0 Å². The molecule has 0 unspecified atom stereocenters. The maximum absolute atomic E-state index is 3.52. The zero-order valence-corrected chi connectivity index (χ0v) is 8.68. The largest absolute Gasteiger partial charge is 0.237 e. The van der Waals surface area contributed by atoms with Crippen LogP contribution in [0, 0.1) is 11.7 Å². The zero-order valence-electron chi connectivity index (χ0n) is 8.68. The normalized spacial score (nSPS) is 32.2. The van der Waals surface area contributed by atoms with E-state index < -0.39 is 0 Å². The van der Waals surface area contributed by atoms with Crippen molar-refractivity contribution in [2.75, 3.05) is 0 Å². The second kappa shape index (κ2) is 4.22. The molecule has 13 heavy (non-hydrogen) atoms. The fourth-order valence-corrected chi connectivity index (χ4v) is 3.13. The number of hydrogen-bond donors (Lipinski definition) is 0. The first-order chi connectivity index (χ1) is 6.42. The molecule has 70 valence electrons. The van der Waals surface area contributed by atoms with E-state index in [4.69, 9.17) is 0 Å². The minimum Gasteiger partial charge on any atom is -0.155 e. The van der Waals surface area contributed by atoms with Gasteiger partial charge in [-0.2, -0.15) is 5.82 Å². The zero-order chi connectivity index (χ0) is 9.10. The lowest BCUT2D eigenvalue weighted by molar-refractivity contribution is 0.448. The van der Waals surface area contributed by atoms with Gasteiger partial charge in [0.2, 0.25) is 6.71 Å². The summed E-state index contributed by atoms with van der Waals surface area (Å²) in [5.74, 6) is 8.75. The van der Waals surface area contributed by atoms with Crippen LogP contribution in [-0.4, -0.2) is 6.71 Å². The highest BCUT2D eigenvalue weighted by molar-refractivity contribution is 6.70. The van der Waals surface area contributed by atoms with E-state index in [1.807, 2.05) is 0 Å². The van der Waals surface area contributed by atoms with Gasteiger partial charge in [0, 0.05) is 6.42 Å². The molecule has 0 amide bonds. The smallest absolute Gasteiger partial charge is 0.155 e. The summed E-state index contributed by atoms with van der Waals surface area (Å²) in [6.07, 6.45) is 9.81. The Morgan fingerprint density at radius 2 is 1.62 bits per heavy atom. The van der Waals surface area contributed by atoms with Crippen LogP contribution in [0.2, 0.25) is 11.6 Å². The molecule has 0 aromatic rings. The summed E-state index contributed by atoms with van der Waals surface area (Å²) >= 11 is 0. The van der Waals surface area contributed by atoms with Crippen molar-refractivity contribution < 1.29 is 0 Å². The van der Waals surface area contributed by atoms with E-state index in [0.717, 1.165) is 24.8 Å². The van der Waals surface area contributed by atoms with Gasteiger partial charge < -0.3 is 0 Å². The lowest BCUT2D eigenvalue weighted by Crippen LogP contribution is -2.33. The van der Waals surface area contributed by atoms with E-state index in [0.29, 0.717) is 0 Å². The maximum Gasteiger partial charge on any atom is 0.237 e. The Morgan fingerprint density at radius 1 is 1.08 bits per heavy atom. The van der Waals surface area contributed by atoms with E-state index in [9.17, 15) is 0 Å². The Labute approximate surface area is 82.6 Å². The molecule has 0 atom stereocenters. The predicted molar refractivity (Wildman–Crippen MR) is 59.0 cm³/mol. The van der Waals surface area contributed by atoms with Gasteiger partial charge in [-0.3, -0.25) is 0 Å². The number of fused-ring (bicyclic) bond motifs is 2. The van der Waals surface area contributed by atoms with Gasteiger partial charge in [0.1, 0.15) is 0 Å². The van der Waals surface area contributed by atoms with Crippen molar-refractivity contribution in [3.8, 4) is 11.7 Å². The molecule has 2 heterocycles. The second-order valence-electron chi connectivity index (χ2n) is 4.58. The molecular weight excluding hydrogens is 155 g/mol. The van der Waals surface area contributed by atoms with Crippen LogP contribution in [0.15, 0.2) is 0 Å². The summed E-state index contributed by atoms with van der Waals surface area (Å²) < 4.78 is 0. The third kappa shape index (κ3) is 1.93. The Morgan fingerprint density at radius 3 is 2.08 bits per heavy atom. The molecule has 0 N–H and O–H groups in total. The van der Waals surface area contributed by atoms with Crippen LogP contribution < -0.4 is 0 Å². The van der Waals surface area contributed by atoms with E-state index in [-0.39, 0.29) is 0 Å². The summed E-state index contributed by atoms with van der Waals surface area (Å²) in [6.45, 7) is 2.94. The SMILES string of the molecule is CCC#CB1C2CCCC1CCC2. The first-order valence-corrected chi connectivity index (χ1v) is 5.90. The molecular formula is C12H19B. The molecule has 0 saturated carbocycles. The van der Waals surface area contributed by atoms with Crippen molar-refractivity contribution in [1.82, 2.24) is 0 Å². The van der Waals surface area contributed by atoms with Crippen LogP contribution in [0.4, 0.5) is 0 Å². The molecule has 0 aromatic carbocycles. The van der Waals surface area contributed by atoms with Crippen molar-refractivity contribution in [3.63, 3.8) is 0 Å². The molecule has 0 spiro atoms. The van der Waals surface area contributed by atoms with Crippen LogP contribution in [0.25, 0.3) is 0 Å². The average molecular weight is 174 g/mol. The van der Waals surface area contributed by atoms with E-state index >= 15 is 0 Å². The molecule has 2 saturated heterocycles. The van der Waals surface area contributed by atoms with Crippen molar-refractivity contribution in [3.05, 3.63) is 0 Å². The second-order valence-corrected chi connectivity index (χ2v) is 4.58. The summed E-state index contributed by atoms with van der Waals surface area (Å²) in [4.78, 5) is 0. The fourth-order valence-electron chi connectivity index (χ4n) is 3.13. The number of hydrogen-bond acceptors (Lipinski definition) is 0. The van der Waals surface area contributed by atoms with Gasteiger partial charge in [0.25, 0.3) is 0 Å². The molecule has 2 rings (SSSR count). The average Bonchev–Trinajstić information content (AvgIpc) is 2.14. The maximum atomic E-state index is 3.52. The molecule has 2 fully saturated rings. The Hall–Kier alpha value is -0.375. The van der Waals surface area contributed by atoms with Crippen LogP contribution in [0.5, 0.6) is 0 Å². The van der Waals surface area contributed by atoms with Gasteiger partial charge in [-0.05, 0) is 11.6 Å². The first-order valence-electron chi connectivity index (χ1n) is 5.90. The summed E-state index contributed by atoms with van der Waals surface area (Å²) in [5.41, 5.74) is 0. The molecule has 2 bridgehead atoms. The summed E-state index contributed by atoms with van der Waals surface area (Å²) in [5, 5.41) is 0. The molecule has 0 aliphatic carbocycles. The quantitative estimate of drug-likeness (QED) is 0.389. The Bertz CT molecular complexity index is 201. The van der Waals surface area contributed by atoms with Crippen LogP contribution in [0.3, 0.4) is 0 Å². The third-order valence-corrected chi connectivity index (χ3v) is 3.76. The minimum absolute atomic E-state index is 0.780. The van der Waals surface area contributed by atoms with Crippen molar-refractivity contribution >= 4 is 6.71 Å². The van der Waals surface area contributed by atoms with Crippen LogP contribution in [0.1, 0.15) is 51.9 Å². The number of rotatable bonds is 0. The lowest BCUT2D eigenvalue weighted by Gasteiger charge is -2.37. The minimum atomic E-state index is 0.780. The van der Waals surface area contributed by atoms with E-state index in [2.05, 4.69) is 18.7 Å². The molecule has 1 heteroatoms. The van der Waals surface area contributed by atoms with Gasteiger partial charge in [-0.25, -0.2) is 0 Å². The summed E-state index contributed by atoms with van der Waals surface area (Å²) in [6, 6.07) is 0. The van der Waals surface area contributed by atoms with Gasteiger partial charge >= 0.3 is 0 Å². The van der Waals surface area contributed by atoms with Crippen molar-refractivity contribution in [2.24, 2.45) is 0 Å². The summed E-state index contributed by atoms with van der Waals surface area (Å²) in [7, 11) is 0. The predicted octanol–water partition coefficient (Wildman–Crippen LogP) is 3.54. The molecule has 2 aliphatic heterocycles. The standard InChI is InChI=1S/C12H19B/c1-2-3-10-13-11-6-4-7-12(13)9-5-8-11/h11-12H,2,4-9H2,1H3. The van der Waals surface area contributed by atoms with Crippen LogP contribution >= 0.6 is 0 Å². The highest BCUT2D eigenvalue weighted by Crippen LogP contribution is 2.45. The third-order valence-electron chi connectivity index (χ3n) is 3.76. The van der Waals surface area contributed by atoms with Gasteiger partial charge in [0.15, 0.2) is 0 Å². The van der Waals surface area contributed by atoms with Crippen LogP contribution in [-0.2, 0) is 0 Å². The van der Waals surface area contributed by atoms with Crippen molar-refractivity contribution in [1.29, 1.82) is 0 Å². The molecule has 2 aliphatic rings. The first kappa shape index (κ1) is 9.19. The highest BCUT2D eigenvalue weighted by atomic mass is 14.2. The molecule has 0 radical (unpaired) electrons. The fraction of sp³-hybridized carbons (Fsp3) is 0.833. The Balaban J connectivity index is 2.06.